The standard InChI is InChI=1S/C19H30O3S/c1-16(20)18-13-10-12-17(15-18)11-8-6-5-7-9-14-23(21,22)19(2,3)4/h10,12-13,15H,5-9,11,14H2,1-4H3. The first-order valence-corrected chi connectivity index (χ1v) is 10.1. The molecule has 0 aliphatic heterocycles. The largest absolute Gasteiger partial charge is 0.295 e. The summed E-state index contributed by atoms with van der Waals surface area (Å²) in [7, 11) is -2.98. The van der Waals surface area contributed by atoms with Crippen LogP contribution in [0.15, 0.2) is 24.3 Å². The third-order valence-electron chi connectivity index (χ3n) is 4.15. The average Bonchev–Trinajstić information content (AvgIpc) is 2.45. The van der Waals surface area contributed by atoms with Gasteiger partial charge in [-0.3, -0.25) is 4.79 Å². The fourth-order valence-electron chi connectivity index (χ4n) is 2.40. The number of rotatable bonds is 9. The van der Waals surface area contributed by atoms with Crippen molar-refractivity contribution < 1.29 is 13.2 Å². The van der Waals surface area contributed by atoms with Crippen molar-refractivity contribution in [3.05, 3.63) is 35.4 Å². The molecule has 0 fully saturated rings. The van der Waals surface area contributed by atoms with Crippen molar-refractivity contribution in [2.24, 2.45) is 0 Å². The van der Waals surface area contributed by atoms with Gasteiger partial charge in [-0.05, 0) is 58.6 Å². The second-order valence-corrected chi connectivity index (χ2v) is 10.1. The van der Waals surface area contributed by atoms with Crippen molar-refractivity contribution in [1.29, 1.82) is 0 Å². The number of Topliss-reactive ketones (excluding diaryl/α,β-unsaturated/α-hetero) is 1. The molecular weight excluding hydrogens is 308 g/mol. The summed E-state index contributed by atoms with van der Waals surface area (Å²) in [5.41, 5.74) is 1.97. The SMILES string of the molecule is CC(=O)c1cccc(CCCCCCCS(=O)(=O)C(C)(C)C)c1. The molecule has 0 radical (unpaired) electrons. The summed E-state index contributed by atoms with van der Waals surface area (Å²) in [6.07, 6.45) is 5.92. The van der Waals surface area contributed by atoms with Crippen molar-refractivity contribution in [3.8, 4) is 0 Å². The molecule has 1 aromatic rings. The Morgan fingerprint density at radius 2 is 1.61 bits per heavy atom. The molecule has 1 aromatic carbocycles. The van der Waals surface area contributed by atoms with E-state index in [0.717, 1.165) is 44.1 Å². The molecule has 23 heavy (non-hydrogen) atoms. The van der Waals surface area contributed by atoms with Crippen LogP contribution in [0.2, 0.25) is 0 Å². The van der Waals surface area contributed by atoms with Crippen LogP contribution in [0.5, 0.6) is 0 Å². The van der Waals surface area contributed by atoms with Gasteiger partial charge in [-0.15, -0.1) is 0 Å². The third kappa shape index (κ3) is 6.86. The van der Waals surface area contributed by atoms with Gasteiger partial charge in [0.15, 0.2) is 15.6 Å². The molecule has 0 aliphatic carbocycles. The number of carbonyl (C=O) groups is 1. The molecule has 0 unspecified atom stereocenters. The molecule has 0 saturated heterocycles. The Labute approximate surface area is 141 Å². The zero-order chi connectivity index (χ0) is 17.5. The summed E-state index contributed by atoms with van der Waals surface area (Å²) in [6.45, 7) is 6.87. The molecule has 0 heterocycles. The summed E-state index contributed by atoms with van der Waals surface area (Å²) in [6, 6.07) is 7.81. The predicted molar refractivity (Wildman–Crippen MR) is 96.8 cm³/mol. The number of carbonyl (C=O) groups excluding carboxylic acids is 1. The Bertz CT molecular complexity index is 610. The van der Waals surface area contributed by atoms with Crippen LogP contribution in [0.1, 0.15) is 75.7 Å². The van der Waals surface area contributed by atoms with Crippen molar-refractivity contribution in [2.45, 2.75) is 71.0 Å². The molecule has 0 spiro atoms. The van der Waals surface area contributed by atoms with Crippen molar-refractivity contribution in [3.63, 3.8) is 0 Å². The minimum absolute atomic E-state index is 0.104. The van der Waals surface area contributed by atoms with E-state index < -0.39 is 14.6 Å². The fourth-order valence-corrected chi connectivity index (χ4v) is 3.60. The lowest BCUT2D eigenvalue weighted by molar-refractivity contribution is 0.101. The van der Waals surface area contributed by atoms with Crippen LogP contribution in [-0.4, -0.2) is 24.7 Å². The number of ketones is 1. The highest BCUT2D eigenvalue weighted by atomic mass is 32.2. The summed E-state index contributed by atoms with van der Waals surface area (Å²) in [4.78, 5) is 11.3. The molecule has 0 bridgehead atoms. The highest BCUT2D eigenvalue weighted by Gasteiger charge is 2.27. The molecule has 0 amide bonds. The van der Waals surface area contributed by atoms with Crippen molar-refractivity contribution in [1.82, 2.24) is 0 Å². The van der Waals surface area contributed by atoms with Crippen LogP contribution < -0.4 is 0 Å². The Kier molecular flexibility index (Phi) is 7.46. The first-order valence-electron chi connectivity index (χ1n) is 8.46. The maximum Gasteiger partial charge on any atom is 0.159 e. The summed E-state index contributed by atoms with van der Waals surface area (Å²) in [5, 5.41) is 0. The molecule has 0 saturated carbocycles. The molecule has 0 atom stereocenters. The monoisotopic (exact) mass is 338 g/mol. The van der Waals surface area contributed by atoms with E-state index >= 15 is 0 Å². The van der Waals surface area contributed by atoms with E-state index in [1.54, 1.807) is 27.7 Å². The van der Waals surface area contributed by atoms with E-state index in [1.165, 1.54) is 5.56 Å². The van der Waals surface area contributed by atoms with Gasteiger partial charge in [-0.2, -0.15) is 0 Å². The van der Waals surface area contributed by atoms with E-state index in [9.17, 15) is 13.2 Å². The molecule has 0 aliphatic rings. The average molecular weight is 339 g/mol. The summed E-state index contributed by atoms with van der Waals surface area (Å²) in [5.74, 6) is 0.392. The number of aryl methyl sites for hydroxylation is 1. The Hall–Kier alpha value is -1.16. The van der Waals surface area contributed by atoms with Crippen LogP contribution in [0.3, 0.4) is 0 Å². The zero-order valence-electron chi connectivity index (χ0n) is 14.9. The van der Waals surface area contributed by atoms with Crippen LogP contribution in [0.25, 0.3) is 0 Å². The fraction of sp³-hybridized carbons (Fsp3) is 0.632. The van der Waals surface area contributed by atoms with Gasteiger partial charge in [0.1, 0.15) is 0 Å². The lowest BCUT2D eigenvalue weighted by atomic mass is 10.0. The molecule has 4 heteroatoms. The zero-order valence-corrected chi connectivity index (χ0v) is 15.7. The Morgan fingerprint density at radius 3 is 2.22 bits per heavy atom. The molecule has 0 N–H and O–H groups in total. The number of sulfone groups is 1. The highest BCUT2D eigenvalue weighted by Crippen LogP contribution is 2.18. The normalized spacial score (nSPS) is 12.3. The van der Waals surface area contributed by atoms with Gasteiger partial charge < -0.3 is 0 Å². The molecule has 1 rings (SSSR count). The van der Waals surface area contributed by atoms with E-state index in [-0.39, 0.29) is 11.5 Å². The second kappa shape index (κ2) is 8.62. The van der Waals surface area contributed by atoms with Crippen LogP contribution >= 0.6 is 0 Å². The van der Waals surface area contributed by atoms with Crippen molar-refractivity contribution >= 4 is 15.6 Å². The van der Waals surface area contributed by atoms with Gasteiger partial charge in [0.25, 0.3) is 0 Å². The minimum atomic E-state index is -2.98. The van der Waals surface area contributed by atoms with Gasteiger partial charge in [0.2, 0.25) is 0 Å². The first kappa shape index (κ1) is 19.9. The molecular formula is C19H30O3S. The quantitative estimate of drug-likeness (QED) is 0.488. The van der Waals surface area contributed by atoms with E-state index in [4.69, 9.17) is 0 Å². The maximum absolute atomic E-state index is 12.0. The molecule has 3 nitrogen and oxygen atoms in total. The smallest absolute Gasteiger partial charge is 0.159 e. The van der Waals surface area contributed by atoms with Gasteiger partial charge in [-0.25, -0.2) is 8.42 Å². The van der Waals surface area contributed by atoms with Gasteiger partial charge in [0, 0.05) is 5.56 Å². The lowest BCUT2D eigenvalue weighted by Crippen LogP contribution is -2.30. The predicted octanol–water partition coefficient (Wildman–Crippen LogP) is 4.60. The Balaban J connectivity index is 2.22. The number of unbranched alkanes of at least 4 members (excludes halogenated alkanes) is 4. The second-order valence-electron chi connectivity index (χ2n) is 7.21. The Morgan fingerprint density at radius 1 is 1.00 bits per heavy atom. The van der Waals surface area contributed by atoms with Gasteiger partial charge >= 0.3 is 0 Å². The van der Waals surface area contributed by atoms with E-state index in [1.807, 2.05) is 18.2 Å². The summed E-state index contributed by atoms with van der Waals surface area (Å²) >= 11 is 0. The third-order valence-corrected chi connectivity index (χ3v) is 6.84. The van der Waals surface area contributed by atoms with Gasteiger partial charge in [0.05, 0.1) is 10.5 Å². The molecule has 130 valence electrons. The minimum Gasteiger partial charge on any atom is -0.295 e. The topological polar surface area (TPSA) is 51.2 Å². The highest BCUT2D eigenvalue weighted by molar-refractivity contribution is 7.92. The number of hydrogen-bond acceptors (Lipinski definition) is 3. The van der Waals surface area contributed by atoms with E-state index in [2.05, 4.69) is 6.07 Å². The van der Waals surface area contributed by atoms with Crippen molar-refractivity contribution in [2.75, 3.05) is 5.75 Å². The lowest BCUT2D eigenvalue weighted by Gasteiger charge is -2.18. The molecule has 0 aromatic heterocycles. The summed E-state index contributed by atoms with van der Waals surface area (Å²) < 4.78 is 23.3. The van der Waals surface area contributed by atoms with Crippen LogP contribution in [0, 0.1) is 0 Å². The maximum atomic E-state index is 12.0. The van der Waals surface area contributed by atoms with Gasteiger partial charge in [-0.1, -0.05) is 37.5 Å². The first-order chi connectivity index (χ1) is 10.6. The van der Waals surface area contributed by atoms with Crippen LogP contribution in [-0.2, 0) is 16.3 Å². The van der Waals surface area contributed by atoms with Crippen LogP contribution in [0.4, 0.5) is 0 Å². The number of hydrogen-bond donors (Lipinski definition) is 0. The number of benzene rings is 1. The van der Waals surface area contributed by atoms with E-state index in [0.29, 0.717) is 0 Å².